The molecule has 0 aliphatic carbocycles. The second-order valence-corrected chi connectivity index (χ2v) is 8.65. The highest BCUT2D eigenvalue weighted by Gasteiger charge is 2.24. The third kappa shape index (κ3) is 3.54. The quantitative estimate of drug-likeness (QED) is 0.641. The number of rotatable bonds is 3. The summed E-state index contributed by atoms with van der Waals surface area (Å²) in [6.45, 7) is 4.97. The van der Waals surface area contributed by atoms with Crippen molar-refractivity contribution in [2.24, 2.45) is 0 Å². The number of fused-ring (bicyclic) bond motifs is 1. The van der Waals surface area contributed by atoms with Gasteiger partial charge in [-0.2, -0.15) is 0 Å². The summed E-state index contributed by atoms with van der Waals surface area (Å²) in [6.07, 6.45) is 0. The van der Waals surface area contributed by atoms with Crippen LogP contribution in [0.15, 0.2) is 36.4 Å². The van der Waals surface area contributed by atoms with Crippen molar-refractivity contribution in [3.63, 3.8) is 0 Å². The summed E-state index contributed by atoms with van der Waals surface area (Å²) in [4.78, 5) is 23.8. The lowest BCUT2D eigenvalue weighted by Gasteiger charge is -2.34. The van der Waals surface area contributed by atoms with Crippen molar-refractivity contribution >= 4 is 49.9 Å². The fourth-order valence-electron chi connectivity index (χ4n) is 3.41. The zero-order chi connectivity index (χ0) is 19.8. The molecule has 0 atom stereocenters. The van der Waals surface area contributed by atoms with E-state index in [-0.39, 0.29) is 5.91 Å². The zero-order valence-corrected chi connectivity index (χ0v) is 17.8. The second-order valence-electron chi connectivity index (χ2n) is 7.24. The molecule has 1 saturated heterocycles. The minimum atomic E-state index is 0.0943. The molecule has 0 saturated carbocycles. The molecule has 3 aromatic rings. The van der Waals surface area contributed by atoms with Crippen LogP contribution in [0.3, 0.4) is 0 Å². The van der Waals surface area contributed by atoms with Crippen molar-refractivity contribution in [2.75, 3.05) is 50.1 Å². The number of hydrogen-bond donors (Lipinski definition) is 0. The van der Waals surface area contributed by atoms with Gasteiger partial charge in [-0.15, -0.1) is 0 Å². The largest absolute Gasteiger partial charge is 0.378 e. The smallest absolute Gasteiger partial charge is 0.253 e. The Balaban J connectivity index is 1.44. The summed E-state index contributed by atoms with van der Waals surface area (Å²) in [5.74, 6) is 0.0943. The molecule has 0 radical (unpaired) electrons. The van der Waals surface area contributed by atoms with E-state index in [1.165, 1.54) is 0 Å². The van der Waals surface area contributed by atoms with E-state index in [9.17, 15) is 4.79 Å². The highest BCUT2D eigenvalue weighted by Crippen LogP contribution is 2.33. The Morgan fingerprint density at radius 3 is 2.39 bits per heavy atom. The van der Waals surface area contributed by atoms with Crippen molar-refractivity contribution in [3.8, 4) is 0 Å². The lowest BCUT2D eigenvalue weighted by atomic mass is 10.1. The van der Waals surface area contributed by atoms with Crippen LogP contribution in [0.4, 0.5) is 10.8 Å². The molecular formula is C21H23ClN4OS. The van der Waals surface area contributed by atoms with Crippen molar-refractivity contribution in [1.82, 2.24) is 9.88 Å². The topological polar surface area (TPSA) is 39.7 Å². The van der Waals surface area contributed by atoms with Crippen LogP contribution in [-0.4, -0.2) is 56.1 Å². The average Bonchev–Trinajstić information content (AvgIpc) is 3.15. The molecule has 1 fully saturated rings. The minimum absolute atomic E-state index is 0.0943. The standard InChI is InChI=1S/C21H23ClN4OS/c1-14-17(22)8-9-18-19(14)23-21(28-18)26-12-10-25(11-13-26)20(27)15-4-6-16(7-5-15)24(2)3/h4-9H,10-13H2,1-3H3. The summed E-state index contributed by atoms with van der Waals surface area (Å²) >= 11 is 7.91. The van der Waals surface area contributed by atoms with Crippen LogP contribution in [-0.2, 0) is 0 Å². The highest BCUT2D eigenvalue weighted by molar-refractivity contribution is 7.22. The first-order valence-corrected chi connectivity index (χ1v) is 10.5. The Hall–Kier alpha value is -2.31. The fraction of sp³-hybridized carbons (Fsp3) is 0.333. The second kappa shape index (κ2) is 7.60. The van der Waals surface area contributed by atoms with Crippen LogP contribution in [0.25, 0.3) is 10.2 Å². The summed E-state index contributed by atoms with van der Waals surface area (Å²) in [7, 11) is 3.99. The third-order valence-corrected chi connectivity index (χ3v) is 6.70. The Morgan fingerprint density at radius 1 is 1.07 bits per heavy atom. The molecule has 2 aromatic carbocycles. The minimum Gasteiger partial charge on any atom is -0.378 e. The molecule has 2 heterocycles. The van der Waals surface area contributed by atoms with Gasteiger partial charge in [-0.1, -0.05) is 22.9 Å². The molecule has 0 N–H and O–H groups in total. The molecule has 4 rings (SSSR count). The lowest BCUT2D eigenvalue weighted by Crippen LogP contribution is -2.48. The maximum absolute atomic E-state index is 12.8. The Bertz CT molecular complexity index is 1010. The van der Waals surface area contributed by atoms with E-state index in [2.05, 4.69) is 4.90 Å². The monoisotopic (exact) mass is 414 g/mol. The van der Waals surface area contributed by atoms with E-state index < -0.39 is 0 Å². The Labute approximate surface area is 174 Å². The molecule has 0 bridgehead atoms. The van der Waals surface area contributed by atoms with Crippen LogP contribution >= 0.6 is 22.9 Å². The molecule has 1 aliphatic rings. The number of hydrogen-bond acceptors (Lipinski definition) is 5. The van der Waals surface area contributed by atoms with E-state index in [0.717, 1.165) is 50.3 Å². The number of aryl methyl sites for hydroxylation is 1. The van der Waals surface area contributed by atoms with Gasteiger partial charge in [0.25, 0.3) is 5.91 Å². The number of nitrogens with zero attached hydrogens (tertiary/aromatic N) is 4. The SMILES string of the molecule is Cc1c(Cl)ccc2sc(N3CCN(C(=O)c4ccc(N(C)C)cc4)CC3)nc12. The van der Waals surface area contributed by atoms with Gasteiger partial charge in [0.1, 0.15) is 0 Å². The Kier molecular flexibility index (Phi) is 5.17. The van der Waals surface area contributed by atoms with Crippen LogP contribution in [0.5, 0.6) is 0 Å². The number of benzene rings is 2. The van der Waals surface area contributed by atoms with Crippen molar-refractivity contribution in [2.45, 2.75) is 6.92 Å². The lowest BCUT2D eigenvalue weighted by molar-refractivity contribution is 0.0747. The van der Waals surface area contributed by atoms with E-state index in [1.54, 1.807) is 11.3 Å². The van der Waals surface area contributed by atoms with Crippen LogP contribution in [0.1, 0.15) is 15.9 Å². The number of piperazine rings is 1. The van der Waals surface area contributed by atoms with Crippen molar-refractivity contribution < 1.29 is 4.79 Å². The van der Waals surface area contributed by atoms with Gasteiger partial charge in [0.15, 0.2) is 5.13 Å². The first kappa shape index (κ1) is 19.0. The van der Waals surface area contributed by atoms with Gasteiger partial charge in [0.2, 0.25) is 0 Å². The van der Waals surface area contributed by atoms with Gasteiger partial charge in [0.05, 0.1) is 10.2 Å². The number of halogens is 1. The van der Waals surface area contributed by atoms with E-state index in [0.29, 0.717) is 13.1 Å². The number of carbonyl (C=O) groups is 1. The highest BCUT2D eigenvalue weighted by atomic mass is 35.5. The summed E-state index contributed by atoms with van der Waals surface area (Å²) in [6, 6.07) is 11.7. The van der Waals surface area contributed by atoms with E-state index >= 15 is 0 Å². The third-order valence-electron chi connectivity index (χ3n) is 5.20. The molecule has 146 valence electrons. The number of amides is 1. The summed E-state index contributed by atoms with van der Waals surface area (Å²) in [5.41, 5.74) is 3.83. The molecule has 0 unspecified atom stereocenters. The molecule has 1 amide bonds. The van der Waals surface area contributed by atoms with Crippen LogP contribution < -0.4 is 9.80 Å². The predicted octanol–water partition coefficient (Wildman–Crippen LogP) is 4.29. The number of carbonyl (C=O) groups excluding carboxylic acids is 1. The van der Waals surface area contributed by atoms with Gasteiger partial charge >= 0.3 is 0 Å². The van der Waals surface area contributed by atoms with Gasteiger partial charge in [-0.05, 0) is 48.9 Å². The molecule has 5 nitrogen and oxygen atoms in total. The molecule has 1 aromatic heterocycles. The first-order valence-electron chi connectivity index (χ1n) is 9.31. The maximum Gasteiger partial charge on any atom is 0.253 e. The van der Waals surface area contributed by atoms with Crippen molar-refractivity contribution in [1.29, 1.82) is 0 Å². The molecule has 1 aliphatic heterocycles. The molecule has 0 spiro atoms. The average molecular weight is 415 g/mol. The van der Waals surface area contributed by atoms with Gasteiger partial charge < -0.3 is 14.7 Å². The first-order chi connectivity index (χ1) is 13.4. The normalized spacial score (nSPS) is 14.6. The van der Waals surface area contributed by atoms with E-state index in [4.69, 9.17) is 16.6 Å². The number of thiazole rings is 1. The van der Waals surface area contributed by atoms with E-state index in [1.807, 2.05) is 67.2 Å². The van der Waals surface area contributed by atoms with Crippen LogP contribution in [0, 0.1) is 6.92 Å². The molecule has 28 heavy (non-hydrogen) atoms. The number of anilines is 2. The molecule has 7 heteroatoms. The predicted molar refractivity (Wildman–Crippen MR) is 118 cm³/mol. The van der Waals surface area contributed by atoms with Gasteiger partial charge in [-0.25, -0.2) is 4.98 Å². The van der Waals surface area contributed by atoms with Gasteiger partial charge in [0, 0.05) is 56.5 Å². The summed E-state index contributed by atoms with van der Waals surface area (Å²) < 4.78 is 1.15. The maximum atomic E-state index is 12.8. The number of aromatic nitrogens is 1. The Morgan fingerprint density at radius 2 is 1.75 bits per heavy atom. The van der Waals surface area contributed by atoms with Gasteiger partial charge in [-0.3, -0.25) is 4.79 Å². The van der Waals surface area contributed by atoms with Crippen molar-refractivity contribution in [3.05, 3.63) is 52.5 Å². The van der Waals surface area contributed by atoms with Crippen LogP contribution in [0.2, 0.25) is 5.02 Å². The fourth-order valence-corrected chi connectivity index (χ4v) is 4.64. The molecular weight excluding hydrogens is 392 g/mol. The zero-order valence-electron chi connectivity index (χ0n) is 16.3. The summed E-state index contributed by atoms with van der Waals surface area (Å²) in [5, 5.41) is 1.75.